The molecular formula is C23H19Br2ClN2O2. The van der Waals surface area contributed by atoms with Crippen molar-refractivity contribution in [1.29, 1.82) is 0 Å². The second kappa shape index (κ2) is 9.10. The SMILES string of the molecule is COc1ccc(Br)cc1[C@H]1N=C(c2cccc(Br)c2)C[C@H](c2cc(Cl)ccc2O)N1. The minimum atomic E-state index is -0.358. The maximum Gasteiger partial charge on any atom is 0.130 e. The van der Waals surface area contributed by atoms with Gasteiger partial charge in [0.2, 0.25) is 0 Å². The molecule has 0 fully saturated rings. The Morgan fingerprint density at radius 1 is 1.03 bits per heavy atom. The van der Waals surface area contributed by atoms with Crippen molar-refractivity contribution in [3.63, 3.8) is 0 Å². The van der Waals surface area contributed by atoms with Crippen LogP contribution in [0.15, 0.2) is 74.6 Å². The van der Waals surface area contributed by atoms with Gasteiger partial charge >= 0.3 is 0 Å². The second-order valence-corrected chi connectivity index (χ2v) is 9.27. The van der Waals surface area contributed by atoms with Crippen molar-refractivity contribution < 1.29 is 9.84 Å². The number of rotatable bonds is 4. The number of nitrogens with zero attached hydrogens (tertiary/aromatic N) is 1. The number of benzene rings is 3. The van der Waals surface area contributed by atoms with E-state index in [1.54, 1.807) is 25.3 Å². The van der Waals surface area contributed by atoms with E-state index in [0.717, 1.165) is 37.1 Å². The fourth-order valence-electron chi connectivity index (χ4n) is 3.63. The number of nitrogens with one attached hydrogen (secondary N) is 1. The zero-order valence-electron chi connectivity index (χ0n) is 16.1. The van der Waals surface area contributed by atoms with Crippen LogP contribution >= 0.6 is 43.5 Å². The molecule has 0 aromatic heterocycles. The molecule has 30 heavy (non-hydrogen) atoms. The highest BCUT2D eigenvalue weighted by Gasteiger charge is 2.29. The molecule has 1 aliphatic heterocycles. The van der Waals surface area contributed by atoms with E-state index in [2.05, 4.69) is 37.2 Å². The minimum absolute atomic E-state index is 0.177. The first-order chi connectivity index (χ1) is 14.4. The number of methoxy groups -OCH3 is 1. The van der Waals surface area contributed by atoms with Crippen molar-refractivity contribution in [1.82, 2.24) is 5.32 Å². The van der Waals surface area contributed by atoms with Gasteiger partial charge in [-0.1, -0.05) is 55.6 Å². The van der Waals surface area contributed by atoms with Gasteiger partial charge in [-0.05, 0) is 54.1 Å². The van der Waals surface area contributed by atoms with Crippen LogP contribution in [0, 0.1) is 0 Å². The molecule has 2 atom stereocenters. The average molecular weight is 551 g/mol. The summed E-state index contributed by atoms with van der Waals surface area (Å²) in [5, 5.41) is 14.6. The van der Waals surface area contributed by atoms with Crippen LogP contribution < -0.4 is 10.1 Å². The predicted octanol–water partition coefficient (Wildman–Crippen LogP) is 6.80. The monoisotopic (exact) mass is 548 g/mol. The van der Waals surface area contributed by atoms with Gasteiger partial charge in [-0.25, -0.2) is 0 Å². The lowest BCUT2D eigenvalue weighted by molar-refractivity contribution is 0.381. The summed E-state index contributed by atoms with van der Waals surface area (Å²) in [7, 11) is 1.65. The van der Waals surface area contributed by atoms with Crippen LogP contribution in [-0.2, 0) is 0 Å². The predicted molar refractivity (Wildman–Crippen MR) is 128 cm³/mol. The zero-order valence-corrected chi connectivity index (χ0v) is 20.0. The number of halogens is 3. The quantitative estimate of drug-likeness (QED) is 0.376. The number of phenolic OH excluding ortho intramolecular Hbond substituents is 1. The highest BCUT2D eigenvalue weighted by molar-refractivity contribution is 9.10. The summed E-state index contributed by atoms with van der Waals surface area (Å²) >= 11 is 13.3. The molecule has 0 saturated carbocycles. The van der Waals surface area contributed by atoms with Gasteiger partial charge < -0.3 is 9.84 Å². The molecule has 1 aliphatic rings. The van der Waals surface area contributed by atoms with E-state index in [-0.39, 0.29) is 18.0 Å². The lowest BCUT2D eigenvalue weighted by Gasteiger charge is -2.31. The van der Waals surface area contributed by atoms with Gasteiger partial charge in [-0.2, -0.15) is 0 Å². The van der Waals surface area contributed by atoms with Gasteiger partial charge in [0.25, 0.3) is 0 Å². The molecule has 4 rings (SSSR count). The number of aromatic hydroxyl groups is 1. The van der Waals surface area contributed by atoms with Crippen molar-refractivity contribution in [2.75, 3.05) is 7.11 Å². The largest absolute Gasteiger partial charge is 0.508 e. The Labute approximate surface area is 197 Å². The summed E-state index contributed by atoms with van der Waals surface area (Å²) in [6, 6.07) is 18.8. The standard InChI is InChI=1S/C23H19Br2ClN2O2/c1-30-22-8-5-15(25)10-18(22)23-27-19(13-3-2-4-14(24)9-13)12-20(28-23)17-11-16(26)6-7-21(17)29/h2-11,20,23,28-29H,12H2,1H3/t20-,23+/m1/s1. The highest BCUT2D eigenvalue weighted by atomic mass is 79.9. The molecule has 7 heteroatoms. The Bertz CT molecular complexity index is 1120. The maximum absolute atomic E-state index is 10.5. The molecule has 0 aliphatic carbocycles. The van der Waals surface area contributed by atoms with E-state index in [9.17, 15) is 5.11 Å². The normalized spacial score (nSPS) is 18.7. The fourth-order valence-corrected chi connectivity index (χ4v) is 4.59. The Morgan fingerprint density at radius 2 is 1.83 bits per heavy atom. The van der Waals surface area contributed by atoms with Crippen LogP contribution in [0.2, 0.25) is 5.02 Å². The third kappa shape index (κ3) is 4.57. The summed E-state index contributed by atoms with van der Waals surface area (Å²) < 4.78 is 7.51. The van der Waals surface area contributed by atoms with Crippen molar-refractivity contribution in [3.05, 3.63) is 91.3 Å². The first-order valence-electron chi connectivity index (χ1n) is 9.35. The number of hydrogen-bond donors (Lipinski definition) is 2. The van der Waals surface area contributed by atoms with Crippen molar-refractivity contribution >= 4 is 49.2 Å². The lowest BCUT2D eigenvalue weighted by atomic mass is 9.93. The van der Waals surface area contributed by atoms with Crippen LogP contribution in [0.25, 0.3) is 0 Å². The molecule has 154 valence electrons. The van der Waals surface area contributed by atoms with Crippen LogP contribution in [0.5, 0.6) is 11.5 Å². The molecule has 0 unspecified atom stereocenters. The average Bonchev–Trinajstić information content (AvgIpc) is 2.75. The highest BCUT2D eigenvalue weighted by Crippen LogP contribution is 2.38. The summed E-state index contributed by atoms with van der Waals surface area (Å²) in [5.74, 6) is 0.941. The third-order valence-corrected chi connectivity index (χ3v) is 6.27. The molecule has 0 radical (unpaired) electrons. The smallest absolute Gasteiger partial charge is 0.130 e. The van der Waals surface area contributed by atoms with Crippen molar-refractivity contribution in [3.8, 4) is 11.5 Å². The van der Waals surface area contributed by atoms with Gasteiger partial charge in [0.1, 0.15) is 17.7 Å². The molecule has 1 heterocycles. The minimum Gasteiger partial charge on any atom is -0.508 e. The summed E-state index contributed by atoms with van der Waals surface area (Å²) in [6.07, 6.45) is 0.250. The molecule has 4 nitrogen and oxygen atoms in total. The van der Waals surface area contributed by atoms with Crippen molar-refractivity contribution in [2.24, 2.45) is 4.99 Å². The van der Waals surface area contributed by atoms with E-state index in [0.29, 0.717) is 11.4 Å². The van der Waals surface area contributed by atoms with Crippen LogP contribution in [0.4, 0.5) is 0 Å². The van der Waals surface area contributed by atoms with Crippen molar-refractivity contribution in [2.45, 2.75) is 18.6 Å². The third-order valence-electron chi connectivity index (χ3n) is 5.05. The van der Waals surface area contributed by atoms with E-state index < -0.39 is 0 Å². The Hall–Kier alpha value is -1.86. The molecule has 0 bridgehead atoms. The van der Waals surface area contributed by atoms with Gasteiger partial charge in [0, 0.05) is 43.3 Å². The second-order valence-electron chi connectivity index (χ2n) is 7.00. The van der Waals surface area contributed by atoms with Gasteiger partial charge in [0.05, 0.1) is 7.11 Å². The van der Waals surface area contributed by atoms with Crippen LogP contribution in [0.1, 0.15) is 35.3 Å². The van der Waals surface area contributed by atoms with Gasteiger partial charge in [-0.3, -0.25) is 10.3 Å². The molecule has 3 aromatic rings. The van der Waals surface area contributed by atoms with E-state index in [1.807, 2.05) is 42.5 Å². The molecule has 0 amide bonds. The van der Waals surface area contributed by atoms with Crippen LogP contribution in [0.3, 0.4) is 0 Å². The summed E-state index contributed by atoms with van der Waals surface area (Å²) in [4.78, 5) is 5.01. The Kier molecular flexibility index (Phi) is 6.48. The van der Waals surface area contributed by atoms with Gasteiger partial charge in [-0.15, -0.1) is 0 Å². The van der Waals surface area contributed by atoms with E-state index in [4.69, 9.17) is 21.3 Å². The first-order valence-corrected chi connectivity index (χ1v) is 11.3. The molecule has 0 saturated heterocycles. The molecular weight excluding hydrogens is 532 g/mol. The summed E-state index contributed by atoms with van der Waals surface area (Å²) in [6.45, 7) is 0. The zero-order chi connectivity index (χ0) is 21.3. The fraction of sp³-hybridized carbons (Fsp3) is 0.174. The van der Waals surface area contributed by atoms with E-state index in [1.165, 1.54) is 0 Å². The molecule has 2 N–H and O–H groups in total. The van der Waals surface area contributed by atoms with Gasteiger partial charge in [0.15, 0.2) is 0 Å². The number of ether oxygens (including phenoxy) is 1. The van der Waals surface area contributed by atoms with E-state index >= 15 is 0 Å². The Balaban J connectivity index is 1.83. The Morgan fingerprint density at radius 3 is 2.60 bits per heavy atom. The topological polar surface area (TPSA) is 53.9 Å². The van der Waals surface area contributed by atoms with Crippen LogP contribution in [-0.4, -0.2) is 17.9 Å². The summed E-state index contributed by atoms with van der Waals surface area (Å²) in [5.41, 5.74) is 3.61. The number of phenols is 1. The first kappa shape index (κ1) is 21.4. The molecule has 0 spiro atoms. The molecule has 3 aromatic carbocycles. The number of hydrogen-bond acceptors (Lipinski definition) is 4. The number of aliphatic imine (C=N–C) groups is 1. The maximum atomic E-state index is 10.5. The lowest BCUT2D eigenvalue weighted by Crippen LogP contribution is -2.33.